The first-order valence-electron chi connectivity index (χ1n) is 8.62. The highest BCUT2D eigenvalue weighted by atomic mass is 19.2. The summed E-state index contributed by atoms with van der Waals surface area (Å²) in [6, 6.07) is 6.26. The Balaban J connectivity index is 1.65. The van der Waals surface area contributed by atoms with Gasteiger partial charge in [-0.2, -0.15) is 5.10 Å². The lowest BCUT2D eigenvalue weighted by Gasteiger charge is -2.29. The Labute approximate surface area is 149 Å². The number of hydrogen-bond donors (Lipinski definition) is 2. The second-order valence-electron chi connectivity index (χ2n) is 6.58. The van der Waals surface area contributed by atoms with Gasteiger partial charge in [0.2, 0.25) is 0 Å². The highest BCUT2D eigenvalue weighted by Crippen LogP contribution is 2.26. The van der Waals surface area contributed by atoms with Crippen molar-refractivity contribution in [1.82, 2.24) is 19.5 Å². The van der Waals surface area contributed by atoms with Gasteiger partial charge in [0.25, 0.3) is 0 Å². The van der Waals surface area contributed by atoms with E-state index in [4.69, 9.17) is 5.73 Å². The quantitative estimate of drug-likeness (QED) is 0.750. The van der Waals surface area contributed by atoms with Crippen LogP contribution in [0.3, 0.4) is 0 Å². The average molecular weight is 358 g/mol. The van der Waals surface area contributed by atoms with Crippen LogP contribution in [0.4, 0.5) is 20.3 Å². The smallest absolute Gasteiger partial charge is 0.182 e. The minimum Gasteiger partial charge on any atom is -0.336 e. The fraction of sp³-hybridized carbons (Fsp3) is 0.333. The molecule has 0 aliphatic carbocycles. The zero-order valence-electron chi connectivity index (χ0n) is 14.2. The molecule has 1 aliphatic heterocycles. The number of likely N-dealkylation sites (tertiary alicyclic amines) is 1. The number of anilines is 2. The summed E-state index contributed by atoms with van der Waals surface area (Å²) >= 11 is 0. The third kappa shape index (κ3) is 3.25. The van der Waals surface area contributed by atoms with Crippen LogP contribution in [0.1, 0.15) is 18.4 Å². The number of rotatable bonds is 4. The van der Waals surface area contributed by atoms with Gasteiger partial charge in [-0.15, -0.1) is 0 Å². The van der Waals surface area contributed by atoms with E-state index in [2.05, 4.69) is 20.3 Å². The monoisotopic (exact) mass is 358 g/mol. The summed E-state index contributed by atoms with van der Waals surface area (Å²) in [4.78, 5) is 6.57. The van der Waals surface area contributed by atoms with Crippen molar-refractivity contribution in [2.75, 3.05) is 18.4 Å². The number of aromatic nitrogens is 3. The third-order valence-corrected chi connectivity index (χ3v) is 4.77. The molecule has 1 aliphatic rings. The Hall–Kier alpha value is -2.58. The molecule has 136 valence electrons. The van der Waals surface area contributed by atoms with Crippen LogP contribution in [-0.4, -0.2) is 38.6 Å². The lowest BCUT2D eigenvalue weighted by molar-refractivity contribution is 0.206. The molecule has 0 bridgehead atoms. The molecule has 8 heteroatoms. The van der Waals surface area contributed by atoms with Crippen LogP contribution in [0.2, 0.25) is 0 Å². The molecular weight excluding hydrogens is 338 g/mol. The molecule has 0 spiro atoms. The van der Waals surface area contributed by atoms with Crippen molar-refractivity contribution in [3.05, 3.63) is 54.0 Å². The third-order valence-electron chi connectivity index (χ3n) is 4.77. The highest BCUT2D eigenvalue weighted by molar-refractivity contribution is 5.76. The van der Waals surface area contributed by atoms with Crippen LogP contribution in [0, 0.1) is 11.6 Å². The topological polar surface area (TPSA) is 71.5 Å². The fourth-order valence-corrected chi connectivity index (χ4v) is 3.32. The van der Waals surface area contributed by atoms with Crippen molar-refractivity contribution in [2.45, 2.75) is 25.4 Å². The van der Waals surface area contributed by atoms with Crippen molar-refractivity contribution in [3.8, 4) is 0 Å². The van der Waals surface area contributed by atoms with E-state index in [1.165, 1.54) is 18.5 Å². The Kier molecular flexibility index (Phi) is 4.52. The maximum absolute atomic E-state index is 14.0. The lowest BCUT2D eigenvalue weighted by Crippen LogP contribution is -2.39. The summed E-state index contributed by atoms with van der Waals surface area (Å²) in [5, 5.41) is 7.11. The van der Waals surface area contributed by atoms with E-state index >= 15 is 0 Å². The van der Waals surface area contributed by atoms with E-state index < -0.39 is 11.6 Å². The number of benzene rings is 1. The predicted octanol–water partition coefficient (Wildman–Crippen LogP) is 2.67. The summed E-state index contributed by atoms with van der Waals surface area (Å²) in [5.74, 6) is -1.39. The van der Waals surface area contributed by atoms with E-state index in [0.717, 1.165) is 49.6 Å². The number of hydrogen-bond acceptors (Lipinski definition) is 5. The number of fused-ring (bicyclic) bond motifs is 1. The summed E-state index contributed by atoms with van der Waals surface area (Å²) < 4.78 is 29.2. The second kappa shape index (κ2) is 6.97. The average Bonchev–Trinajstić information content (AvgIpc) is 3.05. The van der Waals surface area contributed by atoms with Gasteiger partial charge < -0.3 is 11.1 Å². The molecule has 0 atom stereocenters. The second-order valence-corrected chi connectivity index (χ2v) is 6.58. The van der Waals surface area contributed by atoms with E-state index in [-0.39, 0.29) is 11.7 Å². The maximum Gasteiger partial charge on any atom is 0.182 e. The van der Waals surface area contributed by atoms with Crippen LogP contribution in [0.15, 0.2) is 36.8 Å². The molecule has 1 aromatic carbocycles. The Morgan fingerprint density at radius 3 is 2.81 bits per heavy atom. The van der Waals surface area contributed by atoms with Crippen LogP contribution in [0.25, 0.3) is 5.52 Å². The van der Waals surface area contributed by atoms with Crippen molar-refractivity contribution >= 4 is 17.0 Å². The van der Waals surface area contributed by atoms with Gasteiger partial charge in [-0.3, -0.25) is 4.90 Å². The number of nitrogens with one attached hydrogen (secondary N) is 1. The lowest BCUT2D eigenvalue weighted by atomic mass is 10.1. The number of piperidine rings is 1. The summed E-state index contributed by atoms with van der Waals surface area (Å²) in [6.07, 6.45) is 5.18. The summed E-state index contributed by atoms with van der Waals surface area (Å²) in [6.45, 7) is 2.61. The molecule has 4 rings (SSSR count). The first kappa shape index (κ1) is 16.9. The molecule has 0 saturated carbocycles. The van der Waals surface area contributed by atoms with Crippen LogP contribution >= 0.6 is 0 Å². The van der Waals surface area contributed by atoms with Gasteiger partial charge in [-0.25, -0.2) is 18.3 Å². The molecule has 2 aromatic heterocycles. The zero-order chi connectivity index (χ0) is 18.1. The van der Waals surface area contributed by atoms with Gasteiger partial charge in [0.15, 0.2) is 17.5 Å². The molecule has 0 radical (unpaired) electrons. The van der Waals surface area contributed by atoms with Crippen molar-refractivity contribution in [1.29, 1.82) is 0 Å². The summed E-state index contributed by atoms with van der Waals surface area (Å²) in [7, 11) is 0. The number of nitrogens with two attached hydrogens (primary N) is 1. The van der Waals surface area contributed by atoms with Gasteiger partial charge in [-0.1, -0.05) is 6.07 Å². The van der Waals surface area contributed by atoms with Crippen molar-refractivity contribution < 1.29 is 8.78 Å². The molecule has 3 N–H and O–H groups in total. The van der Waals surface area contributed by atoms with Crippen LogP contribution in [-0.2, 0) is 6.54 Å². The Morgan fingerprint density at radius 1 is 1.19 bits per heavy atom. The Morgan fingerprint density at radius 2 is 2.00 bits per heavy atom. The maximum atomic E-state index is 14.0. The van der Waals surface area contributed by atoms with Gasteiger partial charge in [0, 0.05) is 18.8 Å². The van der Waals surface area contributed by atoms with Crippen LogP contribution < -0.4 is 11.1 Å². The van der Waals surface area contributed by atoms with E-state index in [1.807, 2.05) is 12.3 Å². The van der Waals surface area contributed by atoms with E-state index in [0.29, 0.717) is 5.82 Å². The molecule has 0 unspecified atom stereocenters. The van der Waals surface area contributed by atoms with E-state index in [9.17, 15) is 8.78 Å². The van der Waals surface area contributed by atoms with Crippen molar-refractivity contribution in [3.63, 3.8) is 0 Å². The molecule has 1 saturated heterocycles. The minimum atomic E-state index is -0.928. The summed E-state index contributed by atoms with van der Waals surface area (Å²) in [5.41, 5.74) is 7.80. The van der Waals surface area contributed by atoms with Gasteiger partial charge >= 0.3 is 0 Å². The predicted molar refractivity (Wildman–Crippen MR) is 95.1 cm³/mol. The van der Waals surface area contributed by atoms with Gasteiger partial charge in [0.05, 0.1) is 5.69 Å². The molecular formula is C18H20F2N6. The zero-order valence-corrected chi connectivity index (χ0v) is 14.2. The van der Waals surface area contributed by atoms with Crippen molar-refractivity contribution in [2.24, 2.45) is 5.73 Å². The number of halogens is 2. The molecule has 26 heavy (non-hydrogen) atoms. The molecule has 3 heterocycles. The van der Waals surface area contributed by atoms with Gasteiger partial charge in [0.1, 0.15) is 11.8 Å². The molecule has 0 amide bonds. The largest absolute Gasteiger partial charge is 0.336 e. The normalized spacial score (nSPS) is 16.3. The SMILES string of the molecule is NC1CCN(Cc2ccn3ncnc(Nc4cccc(F)c4F)c23)CC1. The Bertz CT molecular complexity index is 917. The highest BCUT2D eigenvalue weighted by Gasteiger charge is 2.19. The minimum absolute atomic E-state index is 0.0432. The van der Waals surface area contributed by atoms with Gasteiger partial charge in [-0.05, 0) is 49.7 Å². The molecule has 6 nitrogen and oxygen atoms in total. The molecule has 1 fully saturated rings. The first-order chi connectivity index (χ1) is 12.6. The standard InChI is InChI=1S/C18H20F2N6/c19-14-2-1-3-15(16(14)20)24-18-17-12(4-9-26(17)23-11-22-18)10-25-7-5-13(21)6-8-25/h1-4,9,11,13H,5-8,10,21H2,(H,22,23,24). The van der Waals surface area contributed by atoms with Crippen LogP contribution in [0.5, 0.6) is 0 Å². The fourth-order valence-electron chi connectivity index (χ4n) is 3.32. The molecule has 3 aromatic rings. The number of nitrogens with zero attached hydrogens (tertiary/aromatic N) is 4. The first-order valence-corrected chi connectivity index (χ1v) is 8.62. The van der Waals surface area contributed by atoms with E-state index in [1.54, 1.807) is 4.52 Å².